The van der Waals surface area contributed by atoms with Crippen LogP contribution in [0.4, 0.5) is 0 Å². The van der Waals surface area contributed by atoms with Crippen LogP contribution in [0.1, 0.15) is 26.7 Å². The van der Waals surface area contributed by atoms with Gasteiger partial charge in [0.15, 0.2) is 0 Å². The van der Waals surface area contributed by atoms with Crippen LogP contribution in [0.25, 0.3) is 0 Å². The molecule has 0 aromatic rings. The van der Waals surface area contributed by atoms with E-state index >= 15 is 0 Å². The number of primary amides is 1. The molecule has 0 spiro atoms. The fraction of sp³-hybridized carbons (Fsp3) is 0.800. The number of hydrogen-bond donors (Lipinski definition) is 2. The Morgan fingerprint density at radius 2 is 2.07 bits per heavy atom. The number of nitrogens with zero attached hydrogens (tertiary/aromatic N) is 1. The first-order chi connectivity index (χ1) is 6.97. The van der Waals surface area contributed by atoms with Gasteiger partial charge in [-0.25, -0.2) is 0 Å². The van der Waals surface area contributed by atoms with Gasteiger partial charge in [-0.05, 0) is 20.4 Å². The highest BCUT2D eigenvalue weighted by molar-refractivity contribution is 5.83. The minimum Gasteiger partial charge on any atom is -0.368 e. The lowest BCUT2D eigenvalue weighted by atomic mass is 10.2. The van der Waals surface area contributed by atoms with Crippen LogP contribution in [0, 0.1) is 0 Å². The highest BCUT2D eigenvalue weighted by Gasteiger charge is 2.09. The fourth-order valence-corrected chi connectivity index (χ4v) is 1.08. The van der Waals surface area contributed by atoms with Crippen LogP contribution in [0.15, 0.2) is 0 Å². The second-order valence-electron chi connectivity index (χ2n) is 3.73. The van der Waals surface area contributed by atoms with Gasteiger partial charge in [0.05, 0.1) is 6.54 Å². The molecule has 0 heterocycles. The van der Waals surface area contributed by atoms with Crippen LogP contribution in [0.2, 0.25) is 0 Å². The molecule has 1 unspecified atom stereocenters. The molecule has 0 aliphatic carbocycles. The molecule has 0 aliphatic heterocycles. The van der Waals surface area contributed by atoms with Gasteiger partial charge in [-0.1, -0.05) is 6.92 Å². The first-order valence-corrected chi connectivity index (χ1v) is 5.22. The van der Waals surface area contributed by atoms with Crippen LogP contribution >= 0.6 is 0 Å². The summed E-state index contributed by atoms with van der Waals surface area (Å²) in [6, 6.07) is 0.467. The number of carbonyl (C=O) groups excluding carboxylic acids is 2. The Kier molecular flexibility index (Phi) is 6.70. The normalized spacial score (nSPS) is 12.5. The summed E-state index contributed by atoms with van der Waals surface area (Å²) in [5, 5.41) is 2.45. The molecule has 5 heteroatoms. The Labute approximate surface area is 91.0 Å². The maximum absolute atomic E-state index is 11.2. The SMILES string of the molecule is CCC(C)N(C)CCC(=O)NCC(N)=O. The molecule has 0 rings (SSSR count). The number of nitrogens with one attached hydrogen (secondary N) is 1. The Bertz CT molecular complexity index is 219. The van der Waals surface area contributed by atoms with Gasteiger partial charge in [0.2, 0.25) is 11.8 Å². The lowest BCUT2D eigenvalue weighted by Gasteiger charge is -2.22. The predicted molar refractivity (Wildman–Crippen MR) is 59.2 cm³/mol. The average Bonchev–Trinajstić information content (AvgIpc) is 2.21. The Hall–Kier alpha value is -1.10. The van der Waals surface area contributed by atoms with Crippen molar-refractivity contribution in [2.75, 3.05) is 20.1 Å². The monoisotopic (exact) mass is 215 g/mol. The number of carbonyl (C=O) groups is 2. The van der Waals surface area contributed by atoms with E-state index in [-0.39, 0.29) is 12.5 Å². The summed E-state index contributed by atoms with van der Waals surface area (Å²) < 4.78 is 0. The van der Waals surface area contributed by atoms with E-state index in [4.69, 9.17) is 5.73 Å². The van der Waals surface area contributed by atoms with Gasteiger partial charge in [0.25, 0.3) is 0 Å². The number of amides is 2. The summed E-state index contributed by atoms with van der Waals surface area (Å²) >= 11 is 0. The average molecular weight is 215 g/mol. The van der Waals surface area contributed by atoms with Crippen molar-refractivity contribution in [1.29, 1.82) is 0 Å². The van der Waals surface area contributed by atoms with Gasteiger partial charge in [0, 0.05) is 19.0 Å². The van der Waals surface area contributed by atoms with Crippen LogP contribution in [-0.2, 0) is 9.59 Å². The van der Waals surface area contributed by atoms with Crippen molar-refractivity contribution in [1.82, 2.24) is 10.2 Å². The molecule has 0 saturated heterocycles. The summed E-state index contributed by atoms with van der Waals surface area (Å²) in [5.41, 5.74) is 4.90. The smallest absolute Gasteiger partial charge is 0.236 e. The van der Waals surface area contributed by atoms with Crippen molar-refractivity contribution in [2.24, 2.45) is 5.73 Å². The lowest BCUT2D eigenvalue weighted by molar-refractivity contribution is -0.125. The second-order valence-corrected chi connectivity index (χ2v) is 3.73. The Balaban J connectivity index is 3.66. The van der Waals surface area contributed by atoms with Gasteiger partial charge < -0.3 is 16.0 Å². The number of rotatable bonds is 7. The zero-order valence-corrected chi connectivity index (χ0v) is 9.75. The van der Waals surface area contributed by atoms with E-state index in [1.807, 2.05) is 7.05 Å². The van der Waals surface area contributed by atoms with E-state index in [2.05, 4.69) is 24.1 Å². The second kappa shape index (κ2) is 7.23. The van der Waals surface area contributed by atoms with Gasteiger partial charge in [0.1, 0.15) is 0 Å². The molecule has 3 N–H and O–H groups in total. The van der Waals surface area contributed by atoms with E-state index in [0.29, 0.717) is 19.0 Å². The van der Waals surface area contributed by atoms with Crippen molar-refractivity contribution in [3.8, 4) is 0 Å². The molecule has 0 aliphatic rings. The van der Waals surface area contributed by atoms with E-state index in [9.17, 15) is 9.59 Å². The van der Waals surface area contributed by atoms with Crippen molar-refractivity contribution >= 4 is 11.8 Å². The quantitative estimate of drug-likeness (QED) is 0.612. The largest absolute Gasteiger partial charge is 0.368 e. The van der Waals surface area contributed by atoms with Crippen LogP contribution in [0.5, 0.6) is 0 Å². The molecule has 0 aromatic carbocycles. The van der Waals surface area contributed by atoms with Crippen LogP contribution < -0.4 is 11.1 Å². The molecule has 0 bridgehead atoms. The summed E-state index contributed by atoms with van der Waals surface area (Å²) in [7, 11) is 1.98. The molecular formula is C10H21N3O2. The first-order valence-electron chi connectivity index (χ1n) is 5.22. The van der Waals surface area contributed by atoms with E-state index in [1.54, 1.807) is 0 Å². The van der Waals surface area contributed by atoms with Crippen LogP contribution in [-0.4, -0.2) is 42.9 Å². The van der Waals surface area contributed by atoms with E-state index < -0.39 is 5.91 Å². The highest BCUT2D eigenvalue weighted by atomic mass is 16.2. The zero-order chi connectivity index (χ0) is 11.8. The van der Waals surface area contributed by atoms with Gasteiger partial charge >= 0.3 is 0 Å². The van der Waals surface area contributed by atoms with Crippen molar-refractivity contribution in [3.63, 3.8) is 0 Å². The number of nitrogens with two attached hydrogens (primary N) is 1. The maximum Gasteiger partial charge on any atom is 0.236 e. The maximum atomic E-state index is 11.2. The lowest BCUT2D eigenvalue weighted by Crippen LogP contribution is -2.36. The van der Waals surface area contributed by atoms with Gasteiger partial charge in [-0.15, -0.1) is 0 Å². The topological polar surface area (TPSA) is 75.4 Å². The summed E-state index contributed by atoms with van der Waals surface area (Å²) in [5.74, 6) is -0.650. The van der Waals surface area contributed by atoms with E-state index in [0.717, 1.165) is 6.42 Å². The molecule has 0 saturated carbocycles. The third kappa shape index (κ3) is 6.90. The molecule has 0 fully saturated rings. The summed E-state index contributed by atoms with van der Waals surface area (Å²) in [6.07, 6.45) is 1.45. The van der Waals surface area contributed by atoms with Crippen molar-refractivity contribution < 1.29 is 9.59 Å². The highest BCUT2D eigenvalue weighted by Crippen LogP contribution is 2.00. The minimum atomic E-state index is -0.515. The third-order valence-corrected chi connectivity index (χ3v) is 2.49. The van der Waals surface area contributed by atoms with Gasteiger partial charge in [-0.2, -0.15) is 0 Å². The fourth-order valence-electron chi connectivity index (χ4n) is 1.08. The Morgan fingerprint density at radius 3 is 2.53 bits per heavy atom. The zero-order valence-electron chi connectivity index (χ0n) is 9.75. The van der Waals surface area contributed by atoms with Crippen molar-refractivity contribution in [3.05, 3.63) is 0 Å². The Morgan fingerprint density at radius 1 is 1.47 bits per heavy atom. The number of hydrogen-bond acceptors (Lipinski definition) is 3. The standard InChI is InChI=1S/C10H21N3O2/c1-4-8(2)13(3)6-5-10(15)12-7-9(11)14/h8H,4-7H2,1-3H3,(H2,11,14)(H,12,15). The predicted octanol–water partition coefficient (Wildman–Crippen LogP) is -0.292. The van der Waals surface area contributed by atoms with Crippen LogP contribution in [0.3, 0.4) is 0 Å². The van der Waals surface area contributed by atoms with Crippen molar-refractivity contribution in [2.45, 2.75) is 32.7 Å². The summed E-state index contributed by atoms with van der Waals surface area (Å²) in [4.78, 5) is 23.7. The molecule has 0 radical (unpaired) electrons. The summed E-state index contributed by atoms with van der Waals surface area (Å²) in [6.45, 7) is 4.83. The molecule has 1 atom stereocenters. The molecule has 88 valence electrons. The first kappa shape index (κ1) is 13.9. The molecule has 15 heavy (non-hydrogen) atoms. The van der Waals surface area contributed by atoms with E-state index in [1.165, 1.54) is 0 Å². The molecular weight excluding hydrogens is 194 g/mol. The molecule has 5 nitrogen and oxygen atoms in total. The van der Waals surface area contributed by atoms with Gasteiger partial charge in [-0.3, -0.25) is 9.59 Å². The molecule has 0 aromatic heterocycles. The molecule has 2 amide bonds. The minimum absolute atomic E-state index is 0.0775. The third-order valence-electron chi connectivity index (χ3n) is 2.49.